The summed E-state index contributed by atoms with van der Waals surface area (Å²) < 4.78 is 41.9. The quantitative estimate of drug-likeness (QED) is 0.852. The fraction of sp³-hybridized carbons (Fsp3) is 0.500. The molecule has 1 aliphatic carbocycles. The molecule has 2 N–H and O–H groups in total. The zero-order valence-electron chi connectivity index (χ0n) is 14.5. The zero-order valence-corrected chi connectivity index (χ0v) is 14.5. The summed E-state index contributed by atoms with van der Waals surface area (Å²) in [7, 11) is 0. The highest BCUT2D eigenvalue weighted by atomic mass is 19.4. The van der Waals surface area contributed by atoms with E-state index in [4.69, 9.17) is 0 Å². The molecule has 4 rings (SSSR count). The van der Waals surface area contributed by atoms with E-state index in [2.05, 4.69) is 25.3 Å². The third-order valence-electron chi connectivity index (χ3n) is 5.56. The van der Waals surface area contributed by atoms with E-state index >= 15 is 0 Å². The van der Waals surface area contributed by atoms with E-state index in [1.54, 1.807) is 24.3 Å². The minimum atomic E-state index is -4.68. The van der Waals surface area contributed by atoms with Crippen molar-refractivity contribution in [2.45, 2.75) is 31.9 Å². The number of nitrogens with one attached hydrogen (secondary N) is 2. The molecule has 1 amide bonds. The third-order valence-corrected chi connectivity index (χ3v) is 5.56. The van der Waals surface area contributed by atoms with E-state index in [0.717, 1.165) is 32.2 Å². The first-order valence-electron chi connectivity index (χ1n) is 8.92. The Balaban J connectivity index is 1.48. The van der Waals surface area contributed by atoms with Crippen molar-refractivity contribution >= 4 is 11.6 Å². The summed E-state index contributed by atoms with van der Waals surface area (Å²) in [6, 6.07) is 6.38. The van der Waals surface area contributed by atoms with Gasteiger partial charge in [-0.3, -0.25) is 4.79 Å². The Morgan fingerprint density at radius 2 is 2.04 bits per heavy atom. The Morgan fingerprint density at radius 1 is 1.26 bits per heavy atom. The van der Waals surface area contributed by atoms with E-state index < -0.39 is 12.1 Å². The average molecular weight is 380 g/mol. The van der Waals surface area contributed by atoms with Crippen molar-refractivity contribution in [3.05, 3.63) is 30.2 Å². The highest BCUT2D eigenvalue weighted by Gasteiger charge is 2.49. The molecule has 0 radical (unpaired) electrons. The molecule has 1 saturated carbocycles. The van der Waals surface area contributed by atoms with Gasteiger partial charge in [-0.05, 0) is 49.6 Å². The first kappa shape index (κ1) is 18.0. The van der Waals surface area contributed by atoms with Crippen LogP contribution in [0.2, 0.25) is 0 Å². The molecule has 2 aliphatic rings. The Bertz CT molecular complexity index is 834. The molecule has 2 fully saturated rings. The van der Waals surface area contributed by atoms with Crippen molar-refractivity contribution in [1.29, 1.82) is 0 Å². The van der Waals surface area contributed by atoms with Crippen molar-refractivity contribution in [2.75, 3.05) is 18.4 Å². The van der Waals surface area contributed by atoms with Gasteiger partial charge in [-0.2, -0.15) is 18.2 Å². The molecule has 1 aromatic heterocycles. The molecule has 144 valence electrons. The van der Waals surface area contributed by atoms with Crippen molar-refractivity contribution < 1.29 is 22.5 Å². The molecule has 2 aromatic rings. The molecule has 9 heteroatoms. The highest BCUT2D eigenvalue weighted by molar-refractivity contribution is 5.96. The lowest BCUT2D eigenvalue weighted by atomic mass is 9.67. The molecule has 27 heavy (non-hydrogen) atoms. The van der Waals surface area contributed by atoms with Gasteiger partial charge in [0.05, 0.1) is 5.41 Å². The number of amides is 1. The summed E-state index contributed by atoms with van der Waals surface area (Å²) in [5, 5.41) is 9.65. The van der Waals surface area contributed by atoms with E-state index in [1.807, 2.05) is 0 Å². The van der Waals surface area contributed by atoms with Gasteiger partial charge in [-0.1, -0.05) is 18.0 Å². The van der Waals surface area contributed by atoms with Gasteiger partial charge in [-0.25, -0.2) is 0 Å². The van der Waals surface area contributed by atoms with Crippen LogP contribution in [0.15, 0.2) is 28.8 Å². The SMILES string of the molecule is O=C(Nc1ccc(-c2noc(C(F)(F)F)n2)cc1)[C@@]12CCCC[C@H]1CNC2. The minimum absolute atomic E-state index is 0.00358. The van der Waals surface area contributed by atoms with Crippen LogP contribution in [0.4, 0.5) is 18.9 Å². The van der Waals surface area contributed by atoms with Crippen LogP contribution >= 0.6 is 0 Å². The van der Waals surface area contributed by atoms with Gasteiger partial charge in [0.1, 0.15) is 0 Å². The Kier molecular flexibility index (Phi) is 4.41. The maximum absolute atomic E-state index is 12.9. The first-order chi connectivity index (χ1) is 12.9. The van der Waals surface area contributed by atoms with Crippen molar-refractivity contribution in [3.8, 4) is 11.4 Å². The lowest BCUT2D eigenvalue weighted by Gasteiger charge is -2.37. The summed E-state index contributed by atoms with van der Waals surface area (Å²) in [6.45, 7) is 1.55. The van der Waals surface area contributed by atoms with Gasteiger partial charge in [0.2, 0.25) is 11.7 Å². The van der Waals surface area contributed by atoms with Gasteiger partial charge in [-0.15, -0.1) is 0 Å². The lowest BCUT2D eigenvalue weighted by molar-refractivity contribution is -0.159. The summed E-state index contributed by atoms with van der Waals surface area (Å²) in [4.78, 5) is 16.3. The molecule has 2 heterocycles. The number of anilines is 1. The molecule has 1 aliphatic heterocycles. The standard InChI is InChI=1S/C18H19F3N4O2/c19-18(20,21)16-24-14(25-27-16)11-4-6-13(7-5-11)23-15(26)17-8-2-1-3-12(17)9-22-10-17/h4-7,12,22H,1-3,8-10H2,(H,23,26)/t12-,17+/m0/s1. The van der Waals surface area contributed by atoms with Crippen LogP contribution in [0.3, 0.4) is 0 Å². The zero-order chi connectivity index (χ0) is 19.1. The molecule has 0 bridgehead atoms. The van der Waals surface area contributed by atoms with E-state index in [-0.39, 0.29) is 17.1 Å². The number of hydrogen-bond donors (Lipinski definition) is 2. The van der Waals surface area contributed by atoms with Crippen LogP contribution in [0.5, 0.6) is 0 Å². The molecular weight excluding hydrogens is 361 g/mol. The van der Waals surface area contributed by atoms with Crippen LogP contribution < -0.4 is 10.6 Å². The summed E-state index contributed by atoms with van der Waals surface area (Å²) in [6.07, 6.45) is -0.550. The molecule has 0 spiro atoms. The maximum atomic E-state index is 12.9. The molecule has 6 nitrogen and oxygen atoms in total. The smallest absolute Gasteiger partial charge is 0.329 e. The highest BCUT2D eigenvalue weighted by Crippen LogP contribution is 2.44. The molecule has 2 atom stereocenters. The second-order valence-corrected chi connectivity index (χ2v) is 7.18. The second-order valence-electron chi connectivity index (χ2n) is 7.18. The Hall–Kier alpha value is -2.42. The summed E-state index contributed by atoms with van der Waals surface area (Å²) in [5.41, 5.74) is 0.601. The van der Waals surface area contributed by atoms with E-state index in [1.165, 1.54) is 0 Å². The fourth-order valence-corrected chi connectivity index (χ4v) is 4.10. The van der Waals surface area contributed by atoms with Crippen LogP contribution in [0.25, 0.3) is 11.4 Å². The monoisotopic (exact) mass is 380 g/mol. The van der Waals surface area contributed by atoms with Crippen LogP contribution in [0, 0.1) is 11.3 Å². The van der Waals surface area contributed by atoms with Gasteiger partial charge in [0.25, 0.3) is 0 Å². The van der Waals surface area contributed by atoms with Gasteiger partial charge in [0, 0.05) is 17.8 Å². The van der Waals surface area contributed by atoms with Crippen molar-refractivity contribution in [2.24, 2.45) is 11.3 Å². The minimum Gasteiger partial charge on any atom is -0.329 e. The molecule has 1 aromatic carbocycles. The lowest BCUT2D eigenvalue weighted by Crippen LogP contribution is -2.44. The third kappa shape index (κ3) is 3.31. The molecular formula is C18H19F3N4O2. The van der Waals surface area contributed by atoms with E-state index in [9.17, 15) is 18.0 Å². The van der Waals surface area contributed by atoms with Gasteiger partial charge < -0.3 is 15.2 Å². The maximum Gasteiger partial charge on any atom is 0.471 e. The van der Waals surface area contributed by atoms with Crippen molar-refractivity contribution in [1.82, 2.24) is 15.5 Å². The second kappa shape index (κ2) is 6.63. The number of carbonyl (C=O) groups excluding carboxylic acids is 1. The number of fused-ring (bicyclic) bond motifs is 1. The number of rotatable bonds is 3. The number of hydrogen-bond acceptors (Lipinski definition) is 5. The topological polar surface area (TPSA) is 80.1 Å². The number of nitrogens with zero attached hydrogens (tertiary/aromatic N) is 2. The Morgan fingerprint density at radius 3 is 2.74 bits per heavy atom. The predicted molar refractivity (Wildman–Crippen MR) is 90.6 cm³/mol. The number of benzene rings is 1. The van der Waals surface area contributed by atoms with Crippen molar-refractivity contribution in [3.63, 3.8) is 0 Å². The summed E-state index contributed by atoms with van der Waals surface area (Å²) >= 11 is 0. The number of carbonyl (C=O) groups is 1. The largest absolute Gasteiger partial charge is 0.471 e. The normalized spacial score (nSPS) is 25.2. The predicted octanol–water partition coefficient (Wildman–Crippen LogP) is 3.47. The number of alkyl halides is 3. The fourth-order valence-electron chi connectivity index (χ4n) is 4.10. The molecule has 1 saturated heterocycles. The van der Waals surface area contributed by atoms with Crippen LogP contribution in [-0.4, -0.2) is 29.1 Å². The van der Waals surface area contributed by atoms with Crippen LogP contribution in [-0.2, 0) is 11.0 Å². The van der Waals surface area contributed by atoms with E-state index in [0.29, 0.717) is 23.7 Å². The summed E-state index contributed by atoms with van der Waals surface area (Å²) in [5.74, 6) is -1.17. The average Bonchev–Trinajstić information content (AvgIpc) is 3.30. The Labute approximate surface area is 153 Å². The van der Waals surface area contributed by atoms with Crippen LogP contribution in [0.1, 0.15) is 31.6 Å². The number of halogens is 3. The molecule has 0 unspecified atom stereocenters. The van der Waals surface area contributed by atoms with Gasteiger partial charge in [0.15, 0.2) is 0 Å². The van der Waals surface area contributed by atoms with Gasteiger partial charge >= 0.3 is 12.1 Å². The first-order valence-corrected chi connectivity index (χ1v) is 8.92. The number of aromatic nitrogens is 2.